The Morgan fingerprint density at radius 2 is 1.71 bits per heavy atom. The highest BCUT2D eigenvalue weighted by molar-refractivity contribution is 5.82. The summed E-state index contributed by atoms with van der Waals surface area (Å²) in [5.41, 5.74) is 9.88. The molecule has 2 heterocycles. The molecule has 0 aliphatic heterocycles. The number of aromatic nitrogens is 3. The number of imidazole rings is 1. The van der Waals surface area contributed by atoms with Gasteiger partial charge in [0.1, 0.15) is 12.1 Å². The van der Waals surface area contributed by atoms with Crippen molar-refractivity contribution in [2.24, 2.45) is 5.73 Å². The Labute approximate surface area is 121 Å². The van der Waals surface area contributed by atoms with E-state index >= 15 is 0 Å². The largest absolute Gasteiger partial charge is 0.326 e. The van der Waals surface area contributed by atoms with E-state index in [1.165, 1.54) is 0 Å². The van der Waals surface area contributed by atoms with Crippen molar-refractivity contribution < 1.29 is 0 Å². The average molecular weight is 274 g/mol. The molecule has 4 aromatic rings. The molecule has 2 aromatic heterocycles. The summed E-state index contributed by atoms with van der Waals surface area (Å²) < 4.78 is 2.00. The minimum Gasteiger partial charge on any atom is -0.326 e. The average Bonchev–Trinajstić information content (AvgIpc) is 2.97. The molecule has 4 nitrogen and oxygen atoms in total. The molecule has 0 atom stereocenters. The Hall–Kier alpha value is -2.72. The van der Waals surface area contributed by atoms with E-state index in [1.54, 1.807) is 6.33 Å². The van der Waals surface area contributed by atoms with Gasteiger partial charge < -0.3 is 5.73 Å². The molecular formula is C17H14N4. The van der Waals surface area contributed by atoms with E-state index in [1.807, 2.05) is 47.0 Å². The minimum absolute atomic E-state index is 0.444. The second kappa shape index (κ2) is 4.68. The van der Waals surface area contributed by atoms with E-state index in [-0.39, 0.29) is 0 Å². The number of fused-ring (bicyclic) bond motifs is 2. The highest BCUT2D eigenvalue weighted by Crippen LogP contribution is 2.23. The first-order valence-electron chi connectivity index (χ1n) is 6.88. The van der Waals surface area contributed by atoms with Crippen molar-refractivity contribution in [3.63, 3.8) is 0 Å². The van der Waals surface area contributed by atoms with Gasteiger partial charge in [-0.25, -0.2) is 9.97 Å². The fourth-order valence-electron chi connectivity index (χ4n) is 2.64. The topological polar surface area (TPSA) is 56.7 Å². The molecule has 4 heteroatoms. The fraction of sp³-hybridized carbons (Fsp3) is 0.0588. The molecule has 4 rings (SSSR count). The van der Waals surface area contributed by atoms with Crippen LogP contribution in [0.2, 0.25) is 0 Å². The van der Waals surface area contributed by atoms with Gasteiger partial charge in [-0.15, -0.1) is 0 Å². The predicted molar refractivity (Wildman–Crippen MR) is 84.3 cm³/mol. The molecule has 2 N–H and O–H groups in total. The second-order valence-corrected chi connectivity index (χ2v) is 4.97. The maximum Gasteiger partial charge on any atom is 0.143 e. The van der Waals surface area contributed by atoms with Gasteiger partial charge in [0.25, 0.3) is 0 Å². The molecule has 0 fully saturated rings. The van der Waals surface area contributed by atoms with Gasteiger partial charge in [0.2, 0.25) is 0 Å². The normalized spacial score (nSPS) is 11.3. The van der Waals surface area contributed by atoms with Crippen LogP contribution in [-0.2, 0) is 6.54 Å². The third kappa shape index (κ3) is 1.88. The van der Waals surface area contributed by atoms with Crippen molar-refractivity contribution in [1.29, 1.82) is 0 Å². The van der Waals surface area contributed by atoms with Gasteiger partial charge in [-0.05, 0) is 24.3 Å². The van der Waals surface area contributed by atoms with E-state index in [2.05, 4.69) is 17.1 Å². The van der Waals surface area contributed by atoms with E-state index in [4.69, 9.17) is 10.7 Å². The van der Waals surface area contributed by atoms with E-state index in [0.29, 0.717) is 6.54 Å². The van der Waals surface area contributed by atoms with E-state index in [9.17, 15) is 0 Å². The first-order chi connectivity index (χ1) is 10.4. The summed E-state index contributed by atoms with van der Waals surface area (Å²) in [6.45, 7) is 0.444. The molecule has 0 amide bonds. The number of nitrogens with zero attached hydrogens (tertiary/aromatic N) is 3. The van der Waals surface area contributed by atoms with E-state index < -0.39 is 0 Å². The molecule has 0 unspecified atom stereocenters. The highest BCUT2D eigenvalue weighted by atomic mass is 15.1. The Morgan fingerprint density at radius 3 is 2.57 bits per heavy atom. The van der Waals surface area contributed by atoms with Crippen LogP contribution in [0.5, 0.6) is 0 Å². The van der Waals surface area contributed by atoms with Crippen molar-refractivity contribution in [2.75, 3.05) is 0 Å². The van der Waals surface area contributed by atoms with Crippen LogP contribution < -0.4 is 5.73 Å². The molecule has 21 heavy (non-hydrogen) atoms. The van der Waals surface area contributed by atoms with Gasteiger partial charge in [0.05, 0.1) is 16.6 Å². The molecule has 102 valence electrons. The zero-order valence-electron chi connectivity index (χ0n) is 11.4. The molecule has 2 aromatic carbocycles. The Balaban J connectivity index is 2.04. The lowest BCUT2D eigenvalue weighted by Crippen LogP contribution is -2.06. The summed E-state index contributed by atoms with van der Waals surface area (Å²) in [7, 11) is 0. The Bertz CT molecular complexity index is 940. The standard InChI is InChI=1S/C17H14N4/c18-10-13-9-12-5-1-2-6-14(12)20-17(13)21-11-19-15-7-3-4-8-16(15)21/h1-9,11H,10,18H2. The predicted octanol–water partition coefficient (Wildman–Crippen LogP) is 3.03. The molecule has 0 aliphatic rings. The first kappa shape index (κ1) is 12.1. The second-order valence-electron chi connectivity index (χ2n) is 4.97. The zero-order chi connectivity index (χ0) is 14.2. The van der Waals surface area contributed by atoms with Crippen molar-refractivity contribution in [1.82, 2.24) is 14.5 Å². The van der Waals surface area contributed by atoms with Gasteiger partial charge in [0, 0.05) is 17.5 Å². The summed E-state index contributed by atoms with van der Waals surface area (Å²) in [4.78, 5) is 9.21. The minimum atomic E-state index is 0.444. The molecule has 0 spiro atoms. The van der Waals surface area contributed by atoms with Crippen molar-refractivity contribution >= 4 is 21.9 Å². The van der Waals surface area contributed by atoms with Crippen LogP contribution in [0.1, 0.15) is 5.56 Å². The van der Waals surface area contributed by atoms with Gasteiger partial charge >= 0.3 is 0 Å². The summed E-state index contributed by atoms with van der Waals surface area (Å²) in [6.07, 6.45) is 1.81. The lowest BCUT2D eigenvalue weighted by molar-refractivity contribution is 0.963. The number of benzene rings is 2. The number of para-hydroxylation sites is 3. The van der Waals surface area contributed by atoms with Gasteiger partial charge in [-0.2, -0.15) is 0 Å². The van der Waals surface area contributed by atoms with Crippen LogP contribution in [0.4, 0.5) is 0 Å². The van der Waals surface area contributed by atoms with Crippen molar-refractivity contribution in [2.45, 2.75) is 6.54 Å². The van der Waals surface area contributed by atoms with Gasteiger partial charge in [-0.1, -0.05) is 30.3 Å². The van der Waals surface area contributed by atoms with Crippen molar-refractivity contribution in [3.05, 3.63) is 66.5 Å². The molecular weight excluding hydrogens is 260 g/mol. The Morgan fingerprint density at radius 1 is 0.952 bits per heavy atom. The van der Waals surface area contributed by atoms with Crippen LogP contribution >= 0.6 is 0 Å². The summed E-state index contributed by atoms with van der Waals surface area (Å²) >= 11 is 0. The molecule has 0 saturated carbocycles. The lowest BCUT2D eigenvalue weighted by Gasteiger charge is -2.10. The highest BCUT2D eigenvalue weighted by Gasteiger charge is 2.10. The number of hydrogen-bond donors (Lipinski definition) is 1. The maximum atomic E-state index is 5.92. The lowest BCUT2D eigenvalue weighted by atomic mass is 10.1. The number of nitrogens with two attached hydrogens (primary N) is 1. The van der Waals surface area contributed by atoms with E-state index in [0.717, 1.165) is 33.3 Å². The van der Waals surface area contributed by atoms with Crippen LogP contribution in [0.15, 0.2) is 60.9 Å². The van der Waals surface area contributed by atoms with Gasteiger partial charge in [0.15, 0.2) is 0 Å². The third-order valence-corrected chi connectivity index (χ3v) is 3.68. The number of rotatable bonds is 2. The quantitative estimate of drug-likeness (QED) is 0.611. The number of hydrogen-bond acceptors (Lipinski definition) is 3. The summed E-state index contributed by atoms with van der Waals surface area (Å²) in [5.74, 6) is 0.852. The third-order valence-electron chi connectivity index (χ3n) is 3.68. The molecule has 0 bridgehead atoms. The maximum absolute atomic E-state index is 5.92. The van der Waals surface area contributed by atoms with Crippen LogP contribution in [-0.4, -0.2) is 14.5 Å². The monoisotopic (exact) mass is 274 g/mol. The first-order valence-corrected chi connectivity index (χ1v) is 6.88. The zero-order valence-corrected chi connectivity index (χ0v) is 11.4. The van der Waals surface area contributed by atoms with Crippen LogP contribution in [0, 0.1) is 0 Å². The van der Waals surface area contributed by atoms with Crippen LogP contribution in [0.25, 0.3) is 27.8 Å². The summed E-state index contributed by atoms with van der Waals surface area (Å²) in [5, 5.41) is 1.10. The Kier molecular flexibility index (Phi) is 2.69. The smallest absolute Gasteiger partial charge is 0.143 e. The molecule has 0 radical (unpaired) electrons. The summed E-state index contributed by atoms with van der Waals surface area (Å²) in [6, 6.07) is 18.2. The molecule has 0 aliphatic carbocycles. The molecule has 0 saturated heterocycles. The SMILES string of the molecule is NCc1cc2ccccc2nc1-n1cnc2ccccc21. The van der Waals surface area contributed by atoms with Crippen LogP contribution in [0.3, 0.4) is 0 Å². The van der Waals surface area contributed by atoms with Gasteiger partial charge in [-0.3, -0.25) is 4.57 Å². The fourth-order valence-corrected chi connectivity index (χ4v) is 2.64. The van der Waals surface area contributed by atoms with Crippen molar-refractivity contribution in [3.8, 4) is 5.82 Å². The number of pyridine rings is 1.